The lowest BCUT2D eigenvalue weighted by molar-refractivity contribution is 0.0476. The fraction of sp³-hybridized carbons (Fsp3) is 0.667. The number of carbonyl (C=O) groups excluding carboxylic acids is 1. The van der Waals surface area contributed by atoms with Crippen LogP contribution in [0.3, 0.4) is 0 Å². The van der Waals surface area contributed by atoms with Crippen molar-refractivity contribution in [2.75, 3.05) is 6.61 Å². The molecule has 0 unspecified atom stereocenters. The molecule has 1 aromatic carbocycles. The molecule has 1 aromatic rings. The third kappa shape index (κ3) is 7.12. The molecule has 26 heavy (non-hydrogen) atoms. The van der Waals surface area contributed by atoms with Gasteiger partial charge in [-0.1, -0.05) is 58.0 Å². The van der Waals surface area contributed by atoms with E-state index >= 15 is 0 Å². The number of carbonyl (C=O) groups is 1. The molecular formula is C21H37NO3Si. The zero-order valence-electron chi connectivity index (χ0n) is 18.0. The minimum atomic E-state index is -1.90. The van der Waals surface area contributed by atoms with Crippen LogP contribution in [0.15, 0.2) is 30.3 Å². The van der Waals surface area contributed by atoms with E-state index in [2.05, 4.69) is 58.2 Å². The van der Waals surface area contributed by atoms with E-state index in [4.69, 9.17) is 9.16 Å². The van der Waals surface area contributed by atoms with E-state index in [-0.39, 0.29) is 17.0 Å². The number of amides is 1. The van der Waals surface area contributed by atoms with Gasteiger partial charge in [0.15, 0.2) is 8.32 Å². The monoisotopic (exact) mass is 379 g/mol. The minimum Gasteiger partial charge on any atom is -0.444 e. The molecule has 0 saturated heterocycles. The molecule has 0 bridgehead atoms. The van der Waals surface area contributed by atoms with Crippen molar-refractivity contribution in [3.63, 3.8) is 0 Å². The van der Waals surface area contributed by atoms with Crippen molar-refractivity contribution in [1.82, 2.24) is 5.32 Å². The molecule has 0 aliphatic carbocycles. The highest BCUT2D eigenvalue weighted by Gasteiger charge is 2.38. The maximum absolute atomic E-state index is 12.3. The summed E-state index contributed by atoms with van der Waals surface area (Å²) >= 11 is 0. The fourth-order valence-electron chi connectivity index (χ4n) is 2.27. The summed E-state index contributed by atoms with van der Waals surface area (Å²) in [7, 11) is -1.90. The Labute approximate surface area is 160 Å². The fourth-order valence-corrected chi connectivity index (χ4v) is 3.30. The molecule has 5 heteroatoms. The summed E-state index contributed by atoms with van der Waals surface area (Å²) in [6.45, 7) is 19.3. The van der Waals surface area contributed by atoms with Crippen LogP contribution in [0.5, 0.6) is 0 Å². The van der Waals surface area contributed by atoms with Crippen LogP contribution in [-0.2, 0) is 9.16 Å². The topological polar surface area (TPSA) is 47.6 Å². The quantitative estimate of drug-likeness (QED) is 0.644. The predicted molar refractivity (Wildman–Crippen MR) is 111 cm³/mol. The third-order valence-corrected chi connectivity index (χ3v) is 9.56. The van der Waals surface area contributed by atoms with E-state index in [9.17, 15) is 4.79 Å². The van der Waals surface area contributed by atoms with E-state index in [0.29, 0.717) is 6.61 Å². The van der Waals surface area contributed by atoms with Gasteiger partial charge < -0.3 is 14.5 Å². The lowest BCUT2D eigenvalue weighted by atomic mass is 9.94. The summed E-state index contributed by atoms with van der Waals surface area (Å²) in [4.78, 5) is 12.3. The van der Waals surface area contributed by atoms with E-state index in [1.54, 1.807) is 0 Å². The summed E-state index contributed by atoms with van der Waals surface area (Å²) in [6, 6.07) is 10.1. The maximum atomic E-state index is 12.3. The first-order valence-electron chi connectivity index (χ1n) is 9.41. The van der Waals surface area contributed by atoms with Gasteiger partial charge >= 0.3 is 6.09 Å². The van der Waals surface area contributed by atoms with Gasteiger partial charge in [0.2, 0.25) is 0 Å². The Morgan fingerprint density at radius 2 is 1.62 bits per heavy atom. The van der Waals surface area contributed by atoms with Crippen molar-refractivity contribution in [3.05, 3.63) is 35.9 Å². The summed E-state index contributed by atoms with van der Waals surface area (Å²) in [5.41, 5.74) is 0.651. The number of hydrogen-bond donors (Lipinski definition) is 1. The normalized spacial score (nSPS) is 15.3. The highest BCUT2D eigenvalue weighted by atomic mass is 28.4. The molecule has 1 rings (SSSR count). The number of nitrogens with one attached hydrogen (secondary N) is 1. The number of ether oxygens (including phenoxy) is 1. The van der Waals surface area contributed by atoms with Crippen molar-refractivity contribution in [2.45, 2.75) is 84.2 Å². The summed E-state index contributed by atoms with van der Waals surface area (Å²) in [6.07, 6.45) is -0.399. The van der Waals surface area contributed by atoms with Crippen molar-refractivity contribution in [1.29, 1.82) is 0 Å². The Morgan fingerprint density at radius 3 is 2.08 bits per heavy atom. The lowest BCUT2D eigenvalue weighted by Gasteiger charge is -2.38. The molecule has 0 saturated carbocycles. The lowest BCUT2D eigenvalue weighted by Crippen LogP contribution is -2.48. The zero-order valence-corrected chi connectivity index (χ0v) is 19.0. The van der Waals surface area contributed by atoms with Crippen molar-refractivity contribution in [2.24, 2.45) is 0 Å². The van der Waals surface area contributed by atoms with E-state index in [1.807, 2.05) is 39.0 Å². The molecule has 0 aromatic heterocycles. The molecule has 0 aliphatic rings. The standard InChI is InChI=1S/C21H37NO3Si/c1-16(17-13-11-10-12-14-17)18(22-19(23)25-20(2,3)4)15-24-26(8,9)21(5,6)7/h10-14,16,18H,15H2,1-9H3,(H,22,23)/t16-,18+/m0/s1. The number of benzene rings is 1. The maximum Gasteiger partial charge on any atom is 0.407 e. The van der Waals surface area contributed by atoms with E-state index < -0.39 is 20.0 Å². The Hall–Kier alpha value is -1.33. The van der Waals surface area contributed by atoms with Crippen LogP contribution in [0.1, 0.15) is 59.9 Å². The largest absolute Gasteiger partial charge is 0.444 e. The Bertz CT molecular complexity index is 573. The van der Waals surface area contributed by atoms with Gasteiger partial charge in [-0.2, -0.15) is 0 Å². The van der Waals surface area contributed by atoms with E-state index in [0.717, 1.165) is 0 Å². The smallest absolute Gasteiger partial charge is 0.407 e. The van der Waals surface area contributed by atoms with Gasteiger partial charge in [-0.15, -0.1) is 0 Å². The molecule has 1 N–H and O–H groups in total. The van der Waals surface area contributed by atoms with Crippen LogP contribution in [0.2, 0.25) is 18.1 Å². The third-order valence-electron chi connectivity index (χ3n) is 5.06. The predicted octanol–water partition coefficient (Wildman–Crippen LogP) is 5.71. The second kappa shape index (κ2) is 8.57. The molecular weight excluding hydrogens is 342 g/mol. The summed E-state index contributed by atoms with van der Waals surface area (Å²) in [5.74, 6) is 0.119. The SMILES string of the molecule is C[C@@H](c1ccccc1)[C@@H](CO[Si](C)(C)C(C)(C)C)NC(=O)OC(C)(C)C. The molecule has 148 valence electrons. The first kappa shape index (κ1) is 22.7. The van der Waals surface area contributed by atoms with Crippen LogP contribution in [0.4, 0.5) is 4.79 Å². The highest BCUT2D eigenvalue weighted by Crippen LogP contribution is 2.37. The number of rotatable bonds is 6. The Kier molecular flexibility index (Phi) is 7.49. The molecule has 0 radical (unpaired) electrons. The number of alkyl carbamates (subject to hydrolysis) is 1. The molecule has 1 amide bonds. The van der Waals surface area contributed by atoms with Gasteiger partial charge in [0, 0.05) is 5.92 Å². The summed E-state index contributed by atoms with van der Waals surface area (Å²) < 4.78 is 11.9. The van der Waals surface area contributed by atoms with Gasteiger partial charge in [0.05, 0.1) is 12.6 Å². The second-order valence-corrected chi connectivity index (χ2v) is 14.3. The zero-order chi connectivity index (χ0) is 20.2. The molecule has 0 spiro atoms. The van der Waals surface area contributed by atoms with Crippen LogP contribution in [0, 0.1) is 0 Å². The average molecular weight is 380 g/mol. The van der Waals surface area contributed by atoms with Gasteiger partial charge in [-0.05, 0) is 44.5 Å². The Balaban J connectivity index is 2.93. The van der Waals surface area contributed by atoms with Crippen LogP contribution in [-0.4, -0.2) is 32.7 Å². The summed E-state index contributed by atoms with van der Waals surface area (Å²) in [5, 5.41) is 3.16. The molecule has 4 nitrogen and oxygen atoms in total. The van der Waals surface area contributed by atoms with Crippen LogP contribution >= 0.6 is 0 Å². The Morgan fingerprint density at radius 1 is 1.08 bits per heavy atom. The van der Waals surface area contributed by atoms with Crippen LogP contribution < -0.4 is 5.32 Å². The van der Waals surface area contributed by atoms with Gasteiger partial charge in [0.25, 0.3) is 0 Å². The first-order chi connectivity index (χ1) is 11.7. The minimum absolute atomic E-state index is 0.119. The van der Waals surface area contributed by atoms with Crippen molar-refractivity contribution in [3.8, 4) is 0 Å². The van der Waals surface area contributed by atoms with E-state index in [1.165, 1.54) is 5.56 Å². The van der Waals surface area contributed by atoms with Crippen LogP contribution in [0.25, 0.3) is 0 Å². The molecule has 0 aliphatic heterocycles. The average Bonchev–Trinajstić information content (AvgIpc) is 2.48. The molecule has 0 heterocycles. The van der Waals surface area contributed by atoms with Gasteiger partial charge in [-0.3, -0.25) is 0 Å². The first-order valence-corrected chi connectivity index (χ1v) is 12.3. The molecule has 0 fully saturated rings. The molecule has 2 atom stereocenters. The highest BCUT2D eigenvalue weighted by molar-refractivity contribution is 6.74. The second-order valence-electron chi connectivity index (χ2n) is 9.52. The van der Waals surface area contributed by atoms with Crippen molar-refractivity contribution >= 4 is 14.4 Å². The number of hydrogen-bond acceptors (Lipinski definition) is 3. The van der Waals surface area contributed by atoms with Gasteiger partial charge in [0.1, 0.15) is 5.60 Å². The van der Waals surface area contributed by atoms with Gasteiger partial charge in [-0.25, -0.2) is 4.79 Å². The van der Waals surface area contributed by atoms with Crippen molar-refractivity contribution < 1.29 is 14.0 Å².